The van der Waals surface area contributed by atoms with Crippen LogP contribution >= 0.6 is 46.4 Å². The van der Waals surface area contributed by atoms with Crippen LogP contribution in [-0.4, -0.2) is 25.2 Å². The van der Waals surface area contributed by atoms with Crippen LogP contribution in [0.25, 0.3) is 0 Å². The van der Waals surface area contributed by atoms with Crippen LogP contribution in [-0.2, 0) is 21.4 Å². The van der Waals surface area contributed by atoms with Crippen molar-refractivity contribution < 1.29 is 13.2 Å². The number of hydrogen-bond donors (Lipinski definition) is 1. The number of rotatable bonds is 7. The van der Waals surface area contributed by atoms with E-state index in [1.165, 1.54) is 18.2 Å². The Bertz CT molecular complexity index is 1200. The molecule has 31 heavy (non-hydrogen) atoms. The van der Waals surface area contributed by atoms with Crippen molar-refractivity contribution in [2.24, 2.45) is 0 Å². The van der Waals surface area contributed by atoms with E-state index < -0.39 is 22.5 Å². The van der Waals surface area contributed by atoms with Gasteiger partial charge in [-0.3, -0.25) is 4.79 Å². The van der Waals surface area contributed by atoms with Crippen molar-refractivity contribution >= 4 is 68.0 Å². The Morgan fingerprint density at radius 2 is 1.58 bits per heavy atom. The van der Waals surface area contributed by atoms with Crippen molar-refractivity contribution in [3.8, 4) is 0 Å². The first-order valence-corrected chi connectivity index (χ1v) is 11.9. The fraction of sp³-hybridized carbons (Fsp3) is 0.0952. The van der Waals surface area contributed by atoms with Gasteiger partial charge >= 0.3 is 0 Å². The summed E-state index contributed by atoms with van der Waals surface area (Å²) in [5.74, 6) is -0.589. The molecule has 3 aromatic carbocycles. The highest BCUT2D eigenvalue weighted by Crippen LogP contribution is 2.30. The van der Waals surface area contributed by atoms with E-state index in [4.69, 9.17) is 46.4 Å². The van der Waals surface area contributed by atoms with Crippen molar-refractivity contribution in [3.63, 3.8) is 0 Å². The molecule has 1 N–H and O–H groups in total. The second kappa shape index (κ2) is 10.2. The van der Waals surface area contributed by atoms with Gasteiger partial charge in [0.2, 0.25) is 15.9 Å². The van der Waals surface area contributed by atoms with Crippen LogP contribution in [0, 0.1) is 0 Å². The molecule has 10 heteroatoms. The zero-order valence-electron chi connectivity index (χ0n) is 15.9. The summed E-state index contributed by atoms with van der Waals surface area (Å²) in [7, 11) is -4.01. The number of halogens is 4. The van der Waals surface area contributed by atoms with Crippen LogP contribution in [0.4, 0.5) is 5.69 Å². The van der Waals surface area contributed by atoms with Crippen molar-refractivity contribution in [2.75, 3.05) is 11.9 Å². The first-order chi connectivity index (χ1) is 14.7. The summed E-state index contributed by atoms with van der Waals surface area (Å²) in [5, 5.41) is 3.73. The van der Waals surface area contributed by atoms with Gasteiger partial charge in [-0.25, -0.2) is 8.42 Å². The Labute approximate surface area is 200 Å². The molecule has 0 saturated carbocycles. The van der Waals surface area contributed by atoms with Crippen LogP contribution in [0.3, 0.4) is 0 Å². The molecule has 0 fully saturated rings. The molecule has 0 unspecified atom stereocenters. The second-order valence-electron chi connectivity index (χ2n) is 6.47. The number of benzene rings is 3. The molecular formula is C21H16Cl4N2O3S. The highest BCUT2D eigenvalue weighted by atomic mass is 35.5. The Balaban J connectivity index is 1.91. The zero-order chi connectivity index (χ0) is 22.6. The van der Waals surface area contributed by atoms with Crippen molar-refractivity contribution in [1.29, 1.82) is 0 Å². The molecular weight excluding hydrogens is 502 g/mol. The van der Waals surface area contributed by atoms with E-state index in [9.17, 15) is 13.2 Å². The van der Waals surface area contributed by atoms with Crippen LogP contribution in [0.2, 0.25) is 20.1 Å². The molecule has 3 aromatic rings. The topological polar surface area (TPSA) is 66.5 Å². The minimum absolute atomic E-state index is 0.0497. The number of nitrogens with one attached hydrogen (secondary N) is 1. The SMILES string of the molecule is O=C(CN(Cc1ccc(Cl)cc1Cl)S(=O)(=O)c1ccccc1)Nc1cccc(Cl)c1Cl. The van der Waals surface area contributed by atoms with Gasteiger partial charge in [0.15, 0.2) is 0 Å². The van der Waals surface area contributed by atoms with Crippen molar-refractivity contribution in [1.82, 2.24) is 4.31 Å². The van der Waals surface area contributed by atoms with E-state index in [1.54, 1.807) is 48.5 Å². The quantitative estimate of drug-likeness (QED) is 0.410. The lowest BCUT2D eigenvalue weighted by Crippen LogP contribution is -2.37. The predicted octanol–water partition coefficient (Wildman–Crippen LogP) is 6.13. The second-order valence-corrected chi connectivity index (χ2v) is 10.0. The van der Waals surface area contributed by atoms with Crippen LogP contribution < -0.4 is 5.32 Å². The van der Waals surface area contributed by atoms with Gasteiger partial charge in [0.1, 0.15) is 0 Å². The average Bonchev–Trinajstić information content (AvgIpc) is 2.73. The summed E-state index contributed by atoms with van der Waals surface area (Å²) in [6, 6.07) is 17.3. The van der Waals surface area contributed by atoms with Crippen molar-refractivity contribution in [3.05, 3.63) is 92.4 Å². The fourth-order valence-corrected chi connectivity index (χ4v) is 4.97. The summed E-state index contributed by atoms with van der Waals surface area (Å²) in [4.78, 5) is 12.8. The monoisotopic (exact) mass is 516 g/mol. The van der Waals surface area contributed by atoms with Crippen LogP contribution in [0.1, 0.15) is 5.56 Å². The standard InChI is InChI=1S/C21H16Cl4N2O3S/c22-15-10-9-14(18(24)11-15)12-27(31(29,30)16-5-2-1-3-6-16)13-20(28)26-19-8-4-7-17(23)21(19)25/h1-11H,12-13H2,(H,26,28). The van der Waals surface area contributed by atoms with Gasteiger partial charge in [0.25, 0.3) is 0 Å². The van der Waals surface area contributed by atoms with Crippen LogP contribution in [0.15, 0.2) is 71.6 Å². The number of amides is 1. The molecule has 0 aliphatic heterocycles. The molecule has 0 bridgehead atoms. The first-order valence-electron chi connectivity index (χ1n) is 8.91. The molecule has 3 rings (SSSR count). The van der Waals surface area contributed by atoms with Gasteiger partial charge < -0.3 is 5.32 Å². The smallest absolute Gasteiger partial charge is 0.243 e. The van der Waals surface area contributed by atoms with E-state index >= 15 is 0 Å². The van der Waals surface area contributed by atoms with Gasteiger partial charge in [-0.2, -0.15) is 4.31 Å². The van der Waals surface area contributed by atoms with E-state index in [1.807, 2.05) is 0 Å². The summed E-state index contributed by atoms with van der Waals surface area (Å²) in [6.45, 7) is -0.608. The van der Waals surface area contributed by atoms with E-state index in [0.717, 1.165) is 4.31 Å². The maximum Gasteiger partial charge on any atom is 0.243 e. The molecule has 0 atom stereocenters. The van der Waals surface area contributed by atoms with E-state index in [-0.39, 0.29) is 27.2 Å². The fourth-order valence-electron chi connectivity index (χ4n) is 2.76. The van der Waals surface area contributed by atoms with Gasteiger partial charge in [-0.05, 0) is 42.0 Å². The normalized spacial score (nSPS) is 11.5. The van der Waals surface area contributed by atoms with E-state index in [2.05, 4.69) is 5.32 Å². The van der Waals surface area contributed by atoms with E-state index in [0.29, 0.717) is 15.6 Å². The summed E-state index contributed by atoms with van der Waals surface area (Å²) in [5.41, 5.74) is 0.778. The molecule has 162 valence electrons. The summed E-state index contributed by atoms with van der Waals surface area (Å²) >= 11 is 24.3. The summed E-state index contributed by atoms with van der Waals surface area (Å²) < 4.78 is 27.5. The lowest BCUT2D eigenvalue weighted by atomic mass is 10.2. The highest BCUT2D eigenvalue weighted by Gasteiger charge is 2.27. The Morgan fingerprint density at radius 1 is 0.871 bits per heavy atom. The third-order valence-electron chi connectivity index (χ3n) is 4.29. The lowest BCUT2D eigenvalue weighted by Gasteiger charge is -2.22. The number of carbonyl (C=O) groups excluding carboxylic acids is 1. The molecule has 0 heterocycles. The Hall–Kier alpha value is -1.80. The molecule has 0 spiro atoms. The summed E-state index contributed by atoms with van der Waals surface area (Å²) in [6.07, 6.45) is 0. The molecule has 0 aliphatic carbocycles. The molecule has 0 aliphatic rings. The molecule has 0 saturated heterocycles. The maximum atomic E-state index is 13.3. The predicted molar refractivity (Wildman–Crippen MR) is 126 cm³/mol. The minimum Gasteiger partial charge on any atom is -0.324 e. The van der Waals surface area contributed by atoms with Gasteiger partial charge in [0.05, 0.1) is 27.2 Å². The maximum absolute atomic E-state index is 13.3. The van der Waals surface area contributed by atoms with Crippen molar-refractivity contribution in [2.45, 2.75) is 11.4 Å². The number of carbonyl (C=O) groups is 1. The number of sulfonamides is 1. The van der Waals surface area contributed by atoms with Gasteiger partial charge in [-0.15, -0.1) is 0 Å². The number of hydrogen-bond acceptors (Lipinski definition) is 3. The number of anilines is 1. The largest absolute Gasteiger partial charge is 0.324 e. The highest BCUT2D eigenvalue weighted by molar-refractivity contribution is 7.89. The third kappa shape index (κ3) is 5.92. The first kappa shape index (κ1) is 23.9. The molecule has 0 aromatic heterocycles. The lowest BCUT2D eigenvalue weighted by molar-refractivity contribution is -0.116. The molecule has 1 amide bonds. The third-order valence-corrected chi connectivity index (χ3v) is 7.50. The van der Waals surface area contributed by atoms with Gasteiger partial charge in [-0.1, -0.05) is 76.7 Å². The minimum atomic E-state index is -4.01. The zero-order valence-corrected chi connectivity index (χ0v) is 19.7. The number of nitrogens with zero attached hydrogens (tertiary/aromatic N) is 1. The molecule has 0 radical (unpaired) electrons. The van der Waals surface area contributed by atoms with Crippen LogP contribution in [0.5, 0.6) is 0 Å². The molecule has 5 nitrogen and oxygen atoms in total. The Morgan fingerprint density at radius 3 is 2.26 bits per heavy atom. The Kier molecular flexibility index (Phi) is 7.86. The van der Waals surface area contributed by atoms with Gasteiger partial charge in [0, 0.05) is 16.6 Å². The average molecular weight is 518 g/mol.